The summed E-state index contributed by atoms with van der Waals surface area (Å²) in [6, 6.07) is 11.8. The Bertz CT molecular complexity index is 576. The zero-order valence-corrected chi connectivity index (χ0v) is 11.6. The molecule has 0 saturated carbocycles. The first-order valence-corrected chi connectivity index (χ1v) is 6.30. The minimum atomic E-state index is -0.00393. The van der Waals surface area contributed by atoms with Crippen LogP contribution in [0.3, 0.4) is 0 Å². The molecular weight excluding hydrogens is 236 g/mol. The number of aryl methyl sites for hydroxylation is 2. The van der Waals surface area contributed by atoms with Crippen LogP contribution >= 0.6 is 0 Å². The smallest absolute Gasteiger partial charge is 0.255 e. The predicted molar refractivity (Wildman–Crippen MR) is 76.0 cm³/mol. The van der Waals surface area contributed by atoms with Crippen LogP contribution in [-0.4, -0.2) is 22.8 Å². The van der Waals surface area contributed by atoms with Gasteiger partial charge in [-0.1, -0.05) is 24.3 Å². The van der Waals surface area contributed by atoms with E-state index < -0.39 is 0 Å². The monoisotopic (exact) mass is 254 g/mol. The standard InChI is InChI=1S/C16H18N2O/c1-12-6-4-5-7-15(12)11-18(3)16(19)14-9-8-13(2)17-10-14/h4-10H,11H2,1-3H3. The van der Waals surface area contributed by atoms with Crippen LogP contribution in [-0.2, 0) is 6.54 Å². The first kappa shape index (κ1) is 13.3. The normalized spacial score (nSPS) is 10.3. The first-order valence-electron chi connectivity index (χ1n) is 6.30. The van der Waals surface area contributed by atoms with Crippen LogP contribution in [0, 0.1) is 13.8 Å². The number of amides is 1. The molecule has 0 radical (unpaired) electrons. The van der Waals surface area contributed by atoms with Crippen LogP contribution in [0.5, 0.6) is 0 Å². The van der Waals surface area contributed by atoms with Crippen molar-refractivity contribution >= 4 is 5.91 Å². The first-order chi connectivity index (χ1) is 9.08. The Kier molecular flexibility index (Phi) is 3.95. The fourth-order valence-electron chi connectivity index (χ4n) is 1.93. The predicted octanol–water partition coefficient (Wildman–Crippen LogP) is 2.97. The molecule has 0 atom stereocenters. The highest BCUT2D eigenvalue weighted by atomic mass is 16.2. The number of pyridine rings is 1. The van der Waals surface area contributed by atoms with Gasteiger partial charge in [0.15, 0.2) is 0 Å². The summed E-state index contributed by atoms with van der Waals surface area (Å²) >= 11 is 0. The largest absolute Gasteiger partial charge is 0.337 e. The molecule has 0 saturated heterocycles. The van der Waals surface area contributed by atoms with Crippen LogP contribution in [0.1, 0.15) is 27.2 Å². The molecule has 0 aliphatic carbocycles. The lowest BCUT2D eigenvalue weighted by Gasteiger charge is -2.18. The Labute approximate surface area is 113 Å². The Morgan fingerprint density at radius 2 is 1.89 bits per heavy atom. The lowest BCUT2D eigenvalue weighted by Crippen LogP contribution is -2.26. The van der Waals surface area contributed by atoms with Gasteiger partial charge in [-0.25, -0.2) is 0 Å². The molecular formula is C16H18N2O. The van der Waals surface area contributed by atoms with Gasteiger partial charge in [0, 0.05) is 25.5 Å². The van der Waals surface area contributed by atoms with Crippen LogP contribution in [0.4, 0.5) is 0 Å². The van der Waals surface area contributed by atoms with Gasteiger partial charge < -0.3 is 4.90 Å². The summed E-state index contributed by atoms with van der Waals surface area (Å²) in [4.78, 5) is 18.1. The Hall–Kier alpha value is -2.16. The van der Waals surface area contributed by atoms with Crippen molar-refractivity contribution in [3.63, 3.8) is 0 Å². The van der Waals surface area contributed by atoms with Gasteiger partial charge >= 0.3 is 0 Å². The second kappa shape index (κ2) is 5.65. The van der Waals surface area contributed by atoms with E-state index in [0.29, 0.717) is 12.1 Å². The van der Waals surface area contributed by atoms with Gasteiger partial charge in [-0.05, 0) is 37.1 Å². The van der Waals surface area contributed by atoms with Crippen molar-refractivity contribution in [3.05, 3.63) is 65.0 Å². The van der Waals surface area contributed by atoms with E-state index in [1.54, 1.807) is 11.1 Å². The molecule has 1 amide bonds. The summed E-state index contributed by atoms with van der Waals surface area (Å²) in [5.74, 6) is -0.00393. The lowest BCUT2D eigenvalue weighted by atomic mass is 10.1. The van der Waals surface area contributed by atoms with Crippen molar-refractivity contribution in [2.45, 2.75) is 20.4 Å². The van der Waals surface area contributed by atoms with Gasteiger partial charge in [-0.15, -0.1) is 0 Å². The van der Waals surface area contributed by atoms with Gasteiger partial charge in [0.05, 0.1) is 5.56 Å². The van der Waals surface area contributed by atoms with E-state index in [0.717, 1.165) is 5.69 Å². The van der Waals surface area contributed by atoms with Crippen molar-refractivity contribution in [1.82, 2.24) is 9.88 Å². The second-order valence-corrected chi connectivity index (χ2v) is 4.78. The van der Waals surface area contributed by atoms with Crippen molar-refractivity contribution in [3.8, 4) is 0 Å². The summed E-state index contributed by atoms with van der Waals surface area (Å²) < 4.78 is 0. The van der Waals surface area contributed by atoms with E-state index in [1.165, 1.54) is 11.1 Å². The average molecular weight is 254 g/mol. The molecule has 1 aromatic heterocycles. The van der Waals surface area contributed by atoms with Crippen molar-refractivity contribution in [2.75, 3.05) is 7.05 Å². The average Bonchev–Trinajstić information content (AvgIpc) is 2.41. The molecule has 0 fully saturated rings. The minimum absolute atomic E-state index is 0.00393. The summed E-state index contributed by atoms with van der Waals surface area (Å²) in [6.07, 6.45) is 1.63. The van der Waals surface area contributed by atoms with E-state index in [1.807, 2.05) is 44.3 Å². The molecule has 0 spiro atoms. The van der Waals surface area contributed by atoms with E-state index in [9.17, 15) is 4.79 Å². The van der Waals surface area contributed by atoms with Crippen LogP contribution in [0.25, 0.3) is 0 Å². The van der Waals surface area contributed by atoms with E-state index in [-0.39, 0.29) is 5.91 Å². The van der Waals surface area contributed by atoms with Crippen molar-refractivity contribution in [2.24, 2.45) is 0 Å². The van der Waals surface area contributed by atoms with E-state index in [4.69, 9.17) is 0 Å². The molecule has 0 bridgehead atoms. The number of rotatable bonds is 3. The molecule has 3 heteroatoms. The third kappa shape index (κ3) is 3.19. The van der Waals surface area contributed by atoms with Gasteiger partial charge in [-0.2, -0.15) is 0 Å². The third-order valence-corrected chi connectivity index (χ3v) is 3.17. The highest BCUT2D eigenvalue weighted by Crippen LogP contribution is 2.11. The number of carbonyl (C=O) groups is 1. The lowest BCUT2D eigenvalue weighted by molar-refractivity contribution is 0.0784. The molecule has 2 aromatic rings. The number of benzene rings is 1. The van der Waals surface area contributed by atoms with Crippen LogP contribution in [0.15, 0.2) is 42.6 Å². The maximum atomic E-state index is 12.3. The van der Waals surface area contributed by atoms with Crippen LogP contribution < -0.4 is 0 Å². The molecule has 0 aliphatic rings. The Balaban J connectivity index is 2.12. The molecule has 19 heavy (non-hydrogen) atoms. The maximum absolute atomic E-state index is 12.3. The highest BCUT2D eigenvalue weighted by molar-refractivity contribution is 5.93. The van der Waals surface area contributed by atoms with Crippen molar-refractivity contribution < 1.29 is 4.79 Å². The summed E-state index contributed by atoms with van der Waals surface area (Å²) in [7, 11) is 1.81. The van der Waals surface area contributed by atoms with E-state index >= 15 is 0 Å². The molecule has 3 nitrogen and oxygen atoms in total. The summed E-state index contributed by atoms with van der Waals surface area (Å²) in [6.45, 7) is 4.58. The maximum Gasteiger partial charge on any atom is 0.255 e. The van der Waals surface area contributed by atoms with Gasteiger partial charge in [-0.3, -0.25) is 9.78 Å². The molecule has 2 rings (SSSR count). The highest BCUT2D eigenvalue weighted by Gasteiger charge is 2.12. The Morgan fingerprint density at radius 3 is 2.53 bits per heavy atom. The molecule has 1 aromatic carbocycles. The third-order valence-electron chi connectivity index (χ3n) is 3.17. The van der Waals surface area contributed by atoms with Gasteiger partial charge in [0.25, 0.3) is 5.91 Å². The zero-order chi connectivity index (χ0) is 13.8. The molecule has 98 valence electrons. The van der Waals surface area contributed by atoms with E-state index in [2.05, 4.69) is 18.0 Å². The van der Waals surface area contributed by atoms with Gasteiger partial charge in [0.2, 0.25) is 0 Å². The van der Waals surface area contributed by atoms with Crippen LogP contribution in [0.2, 0.25) is 0 Å². The molecule has 0 aliphatic heterocycles. The number of aromatic nitrogens is 1. The fourth-order valence-corrected chi connectivity index (χ4v) is 1.93. The molecule has 1 heterocycles. The Morgan fingerprint density at radius 1 is 1.16 bits per heavy atom. The minimum Gasteiger partial charge on any atom is -0.337 e. The number of hydrogen-bond acceptors (Lipinski definition) is 2. The molecule has 0 unspecified atom stereocenters. The molecule has 0 N–H and O–H groups in total. The summed E-state index contributed by atoms with van der Waals surface area (Å²) in [5.41, 5.74) is 3.90. The quantitative estimate of drug-likeness (QED) is 0.843. The number of nitrogens with zero attached hydrogens (tertiary/aromatic N) is 2. The number of hydrogen-bond donors (Lipinski definition) is 0. The summed E-state index contributed by atoms with van der Waals surface area (Å²) in [5, 5.41) is 0. The fraction of sp³-hybridized carbons (Fsp3) is 0.250. The van der Waals surface area contributed by atoms with Crippen molar-refractivity contribution in [1.29, 1.82) is 0 Å². The van der Waals surface area contributed by atoms with Gasteiger partial charge in [0.1, 0.15) is 0 Å². The second-order valence-electron chi connectivity index (χ2n) is 4.78. The SMILES string of the molecule is Cc1ccc(C(=O)N(C)Cc2ccccc2C)cn1. The zero-order valence-electron chi connectivity index (χ0n) is 11.6. The topological polar surface area (TPSA) is 33.2 Å². The number of carbonyl (C=O) groups excluding carboxylic acids is 1.